The summed E-state index contributed by atoms with van der Waals surface area (Å²) in [5.41, 5.74) is 20.6. The summed E-state index contributed by atoms with van der Waals surface area (Å²) in [7, 11) is 0. The summed E-state index contributed by atoms with van der Waals surface area (Å²) < 4.78 is 0. The second-order valence-corrected chi connectivity index (χ2v) is 4.41. The maximum atomic E-state index is 11.0. The summed E-state index contributed by atoms with van der Waals surface area (Å²) in [5, 5.41) is 11.3. The smallest absolute Gasteiger partial charge is 0.231 e. The molecule has 0 fully saturated rings. The second-order valence-electron chi connectivity index (χ2n) is 4.41. The summed E-state index contributed by atoms with van der Waals surface area (Å²) in [6.45, 7) is 0.0169. The molecule has 0 aliphatic carbocycles. The molecule has 0 spiro atoms. The van der Waals surface area contributed by atoms with Crippen LogP contribution in [0.4, 0.5) is 0 Å². The van der Waals surface area contributed by atoms with E-state index in [1.54, 1.807) is 0 Å². The molecule has 0 saturated heterocycles. The van der Waals surface area contributed by atoms with Gasteiger partial charge in [0, 0.05) is 13.1 Å². The molecule has 0 aromatic heterocycles. The predicted octanol–water partition coefficient (Wildman–Crippen LogP) is -4.21. The lowest BCUT2D eigenvalue weighted by atomic mass is 10.3. The van der Waals surface area contributed by atoms with E-state index >= 15 is 0 Å². The Morgan fingerprint density at radius 1 is 0.762 bits per heavy atom. The van der Waals surface area contributed by atoms with Crippen molar-refractivity contribution in [2.24, 2.45) is 28.1 Å². The van der Waals surface area contributed by atoms with Crippen molar-refractivity contribution in [2.75, 3.05) is 39.3 Å². The normalized spacial score (nSPS) is 11.8. The second kappa shape index (κ2) is 9.50. The molecule has 0 aliphatic heterocycles. The Labute approximate surface area is 121 Å². The minimum atomic E-state index is -0.617. The van der Waals surface area contributed by atoms with Gasteiger partial charge in [-0.15, -0.1) is 0 Å². The number of hydrogen-bond donors (Lipinski definition) is 5. The van der Waals surface area contributed by atoms with Crippen molar-refractivity contribution in [1.82, 2.24) is 9.80 Å². The highest BCUT2D eigenvalue weighted by atomic mass is 16.4. The standard InChI is InChI=1S/C10H21N7O4/c11-7(15-21)3-16(4-8(12)18)1-2-17(5-9(13)19)6-10(14)20/h21H,1-6H2,(H2,11,15)(H2,12,18)(H2,13,19)(H2,14,20). The maximum Gasteiger partial charge on any atom is 0.231 e. The van der Waals surface area contributed by atoms with Gasteiger partial charge in [-0.1, -0.05) is 5.16 Å². The van der Waals surface area contributed by atoms with E-state index < -0.39 is 17.7 Å². The van der Waals surface area contributed by atoms with Crippen LogP contribution in [0.15, 0.2) is 5.16 Å². The van der Waals surface area contributed by atoms with Crippen LogP contribution in [0.1, 0.15) is 0 Å². The van der Waals surface area contributed by atoms with Crippen molar-refractivity contribution < 1.29 is 19.6 Å². The zero-order chi connectivity index (χ0) is 16.4. The molecule has 0 bridgehead atoms. The highest BCUT2D eigenvalue weighted by Gasteiger charge is 2.15. The number of amides is 3. The molecule has 0 saturated carbocycles. The summed E-state index contributed by atoms with van der Waals surface area (Å²) in [6.07, 6.45) is 0. The molecule has 11 heteroatoms. The lowest BCUT2D eigenvalue weighted by molar-refractivity contribution is -0.123. The molecule has 3 amide bonds. The van der Waals surface area contributed by atoms with Crippen LogP contribution >= 0.6 is 0 Å². The molecular formula is C10H21N7O4. The number of hydrogen-bond acceptors (Lipinski definition) is 7. The van der Waals surface area contributed by atoms with Crippen molar-refractivity contribution in [1.29, 1.82) is 0 Å². The third-order valence-corrected chi connectivity index (χ3v) is 2.38. The average Bonchev–Trinajstić information content (AvgIpc) is 2.33. The molecule has 0 atom stereocenters. The van der Waals surface area contributed by atoms with Crippen molar-refractivity contribution in [3.8, 4) is 0 Å². The van der Waals surface area contributed by atoms with E-state index in [0.717, 1.165) is 0 Å². The largest absolute Gasteiger partial charge is 0.409 e. The van der Waals surface area contributed by atoms with Crippen LogP contribution in [-0.4, -0.2) is 77.8 Å². The summed E-state index contributed by atoms with van der Waals surface area (Å²) >= 11 is 0. The number of rotatable bonds is 11. The van der Waals surface area contributed by atoms with Crippen LogP contribution in [-0.2, 0) is 14.4 Å². The van der Waals surface area contributed by atoms with Gasteiger partial charge in [-0.2, -0.15) is 0 Å². The number of primary amides is 3. The molecule has 11 nitrogen and oxygen atoms in total. The minimum absolute atomic E-state index is 0.000420. The molecule has 0 aromatic carbocycles. The van der Waals surface area contributed by atoms with Crippen molar-refractivity contribution in [2.45, 2.75) is 0 Å². The lowest BCUT2D eigenvalue weighted by Gasteiger charge is -2.25. The fourth-order valence-corrected chi connectivity index (χ4v) is 1.63. The Bertz CT molecular complexity index is 396. The number of carbonyl (C=O) groups is 3. The average molecular weight is 303 g/mol. The van der Waals surface area contributed by atoms with E-state index in [1.807, 2.05) is 0 Å². The van der Waals surface area contributed by atoms with E-state index in [1.165, 1.54) is 9.80 Å². The SMILES string of the molecule is NC(=O)CN(CCN(CC(N)=O)CC(N)=NO)CC(N)=O. The van der Waals surface area contributed by atoms with Gasteiger partial charge in [0.25, 0.3) is 0 Å². The van der Waals surface area contributed by atoms with Gasteiger partial charge in [-0.05, 0) is 0 Å². The Morgan fingerprint density at radius 3 is 1.38 bits per heavy atom. The molecule has 0 aliphatic rings. The van der Waals surface area contributed by atoms with E-state index in [0.29, 0.717) is 0 Å². The van der Waals surface area contributed by atoms with Gasteiger partial charge in [-0.25, -0.2) is 0 Å². The van der Waals surface area contributed by atoms with Gasteiger partial charge in [0.05, 0.1) is 26.2 Å². The first-order valence-electron chi connectivity index (χ1n) is 6.00. The quantitative estimate of drug-likeness (QED) is 0.110. The fraction of sp³-hybridized carbons (Fsp3) is 0.600. The zero-order valence-electron chi connectivity index (χ0n) is 11.6. The first kappa shape index (κ1) is 18.6. The van der Waals surface area contributed by atoms with Gasteiger partial charge in [0.1, 0.15) is 0 Å². The van der Waals surface area contributed by atoms with Crippen LogP contribution in [0, 0.1) is 0 Å². The van der Waals surface area contributed by atoms with E-state index in [9.17, 15) is 14.4 Å². The monoisotopic (exact) mass is 303 g/mol. The Hall–Kier alpha value is -2.40. The molecule has 0 heterocycles. The van der Waals surface area contributed by atoms with Crippen LogP contribution in [0.25, 0.3) is 0 Å². The molecule has 9 N–H and O–H groups in total. The Kier molecular flexibility index (Phi) is 8.41. The number of amidine groups is 1. The number of nitrogens with zero attached hydrogens (tertiary/aromatic N) is 3. The number of carbonyl (C=O) groups excluding carboxylic acids is 3. The number of nitrogens with two attached hydrogens (primary N) is 4. The summed E-state index contributed by atoms with van der Waals surface area (Å²) in [5.74, 6) is -1.94. The van der Waals surface area contributed by atoms with Crippen LogP contribution < -0.4 is 22.9 Å². The highest BCUT2D eigenvalue weighted by Crippen LogP contribution is 1.93. The van der Waals surface area contributed by atoms with Gasteiger partial charge in [0.2, 0.25) is 17.7 Å². The zero-order valence-corrected chi connectivity index (χ0v) is 11.6. The molecule has 0 radical (unpaired) electrons. The first-order chi connectivity index (χ1) is 9.74. The minimum Gasteiger partial charge on any atom is -0.409 e. The lowest BCUT2D eigenvalue weighted by Crippen LogP contribution is -2.46. The third-order valence-electron chi connectivity index (χ3n) is 2.38. The Morgan fingerprint density at radius 2 is 1.10 bits per heavy atom. The Balaban J connectivity index is 4.60. The van der Waals surface area contributed by atoms with E-state index in [4.69, 9.17) is 28.1 Å². The molecule has 21 heavy (non-hydrogen) atoms. The van der Waals surface area contributed by atoms with Crippen molar-refractivity contribution in [3.05, 3.63) is 0 Å². The number of oxime groups is 1. The topological polar surface area (TPSA) is 194 Å². The van der Waals surface area contributed by atoms with E-state index in [-0.39, 0.29) is 45.1 Å². The van der Waals surface area contributed by atoms with Gasteiger partial charge < -0.3 is 28.1 Å². The molecule has 120 valence electrons. The fourth-order valence-electron chi connectivity index (χ4n) is 1.63. The predicted molar refractivity (Wildman–Crippen MR) is 73.9 cm³/mol. The van der Waals surface area contributed by atoms with Crippen molar-refractivity contribution >= 4 is 23.6 Å². The van der Waals surface area contributed by atoms with Gasteiger partial charge >= 0.3 is 0 Å². The van der Waals surface area contributed by atoms with E-state index in [2.05, 4.69) is 5.16 Å². The van der Waals surface area contributed by atoms with Crippen molar-refractivity contribution in [3.63, 3.8) is 0 Å². The third kappa shape index (κ3) is 10.1. The highest BCUT2D eigenvalue weighted by molar-refractivity contribution is 5.83. The first-order valence-corrected chi connectivity index (χ1v) is 6.00. The molecular weight excluding hydrogens is 282 g/mol. The molecule has 0 rings (SSSR count). The maximum absolute atomic E-state index is 11.0. The van der Waals surface area contributed by atoms with Crippen LogP contribution in [0.2, 0.25) is 0 Å². The van der Waals surface area contributed by atoms with Crippen LogP contribution in [0.3, 0.4) is 0 Å². The van der Waals surface area contributed by atoms with Crippen LogP contribution in [0.5, 0.6) is 0 Å². The van der Waals surface area contributed by atoms with Gasteiger partial charge in [0.15, 0.2) is 5.84 Å². The van der Waals surface area contributed by atoms with Gasteiger partial charge in [-0.3, -0.25) is 24.2 Å². The summed E-state index contributed by atoms with van der Waals surface area (Å²) in [6, 6.07) is 0. The molecule has 0 unspecified atom stereocenters. The summed E-state index contributed by atoms with van der Waals surface area (Å²) in [4.78, 5) is 35.7. The molecule has 0 aromatic rings.